The van der Waals surface area contributed by atoms with Gasteiger partial charge in [0.1, 0.15) is 30.3 Å². The van der Waals surface area contributed by atoms with Crippen molar-refractivity contribution in [2.45, 2.75) is 43.9 Å². The minimum absolute atomic E-state index is 0.0316. The van der Waals surface area contributed by atoms with Crippen LogP contribution in [0.4, 0.5) is 4.39 Å². The van der Waals surface area contributed by atoms with E-state index < -0.39 is 35.9 Å². The van der Waals surface area contributed by atoms with Crippen molar-refractivity contribution in [3.63, 3.8) is 0 Å². The second kappa shape index (κ2) is 15.4. The maximum Gasteiger partial charge on any atom is 0.330 e. The summed E-state index contributed by atoms with van der Waals surface area (Å²) in [7, 11) is 0. The van der Waals surface area contributed by atoms with E-state index >= 15 is 0 Å². The van der Waals surface area contributed by atoms with Gasteiger partial charge in [0.2, 0.25) is 0 Å². The van der Waals surface area contributed by atoms with E-state index in [0.717, 1.165) is 16.7 Å². The van der Waals surface area contributed by atoms with Crippen LogP contribution < -0.4 is 11.2 Å². The van der Waals surface area contributed by atoms with Gasteiger partial charge in [-0.25, -0.2) is 13.9 Å². The smallest absolute Gasteiger partial charge is 0.330 e. The second-order valence-electron chi connectivity index (χ2n) is 11.5. The van der Waals surface area contributed by atoms with Gasteiger partial charge < -0.3 is 18.9 Å². The van der Waals surface area contributed by atoms with E-state index in [1.807, 2.05) is 91.0 Å². The van der Waals surface area contributed by atoms with Crippen LogP contribution in [-0.4, -0.2) is 63.8 Å². The van der Waals surface area contributed by atoms with Crippen LogP contribution >= 0.6 is 0 Å². The van der Waals surface area contributed by atoms with Gasteiger partial charge in [0.15, 0.2) is 0 Å². The van der Waals surface area contributed by atoms with Crippen LogP contribution in [-0.2, 0) is 31.2 Å². The quantitative estimate of drug-likeness (QED) is 0.130. The number of nitrogens with one attached hydrogen (secondary N) is 1. The summed E-state index contributed by atoms with van der Waals surface area (Å²) in [6.07, 6.45) is 2.37. The number of nitrogens with zero attached hydrogens (tertiary/aromatic N) is 4. The molecule has 250 valence electrons. The van der Waals surface area contributed by atoms with Crippen molar-refractivity contribution in [3.8, 4) is 0 Å². The average molecular weight is 655 g/mol. The van der Waals surface area contributed by atoms with E-state index in [-0.39, 0.29) is 39.1 Å². The highest BCUT2D eigenvalue weighted by molar-refractivity contribution is 5.47. The molecule has 0 radical (unpaired) electrons. The van der Waals surface area contributed by atoms with Gasteiger partial charge in [-0.2, -0.15) is 0 Å². The molecular weight excluding hydrogens is 616 g/mol. The average Bonchev–Trinajstić information content (AvgIpc) is 3.77. The third-order valence-corrected chi connectivity index (χ3v) is 8.41. The van der Waals surface area contributed by atoms with Crippen LogP contribution in [0.1, 0.15) is 46.6 Å². The largest absolute Gasteiger partial charge is 0.376 e. The summed E-state index contributed by atoms with van der Waals surface area (Å²) in [5, 5.41) is 8.70. The Morgan fingerprint density at radius 3 is 2.08 bits per heavy atom. The molecule has 48 heavy (non-hydrogen) atoms. The maximum atomic E-state index is 12.9. The number of alkyl halides is 1. The molecule has 3 atom stereocenters. The second-order valence-corrected chi connectivity index (χ2v) is 11.5. The van der Waals surface area contributed by atoms with Gasteiger partial charge in [-0.15, -0.1) is 5.10 Å². The zero-order valence-corrected chi connectivity index (χ0v) is 26.6. The van der Waals surface area contributed by atoms with Crippen LogP contribution in [0.2, 0.25) is 0 Å². The van der Waals surface area contributed by atoms with Crippen LogP contribution in [0.5, 0.6) is 0 Å². The molecule has 6 rings (SSSR count). The Morgan fingerprint density at radius 2 is 1.48 bits per heavy atom. The van der Waals surface area contributed by atoms with E-state index in [9.17, 15) is 14.0 Å². The van der Waals surface area contributed by atoms with E-state index in [1.165, 1.54) is 10.8 Å². The Labute approximate surface area is 276 Å². The summed E-state index contributed by atoms with van der Waals surface area (Å²) in [4.78, 5) is 27.5. The van der Waals surface area contributed by atoms with Gasteiger partial charge in [0.25, 0.3) is 5.56 Å². The lowest BCUT2D eigenvalue weighted by Crippen LogP contribution is -2.37. The van der Waals surface area contributed by atoms with Crippen molar-refractivity contribution in [1.29, 1.82) is 0 Å². The highest BCUT2D eigenvalue weighted by Crippen LogP contribution is 2.43. The molecule has 0 aliphatic carbocycles. The molecule has 11 nitrogen and oxygen atoms in total. The van der Waals surface area contributed by atoms with Crippen molar-refractivity contribution < 1.29 is 23.3 Å². The summed E-state index contributed by atoms with van der Waals surface area (Å²) in [6, 6.07) is 29.7. The van der Waals surface area contributed by atoms with Crippen LogP contribution in [0, 0.1) is 6.92 Å². The van der Waals surface area contributed by atoms with Gasteiger partial charge in [0, 0.05) is 18.2 Å². The fourth-order valence-electron chi connectivity index (χ4n) is 6.08. The summed E-state index contributed by atoms with van der Waals surface area (Å²) in [5.41, 5.74) is 1.80. The third-order valence-electron chi connectivity index (χ3n) is 8.41. The minimum atomic E-state index is -0.993. The summed E-state index contributed by atoms with van der Waals surface area (Å²) >= 11 is 0. The molecule has 1 aliphatic rings. The Bertz CT molecular complexity index is 1770. The van der Waals surface area contributed by atoms with E-state index in [2.05, 4.69) is 15.3 Å². The molecule has 5 aromatic rings. The molecule has 2 aromatic heterocycles. The van der Waals surface area contributed by atoms with E-state index in [0.29, 0.717) is 17.7 Å². The van der Waals surface area contributed by atoms with Crippen LogP contribution in [0.15, 0.2) is 113 Å². The molecule has 0 unspecified atom stereocenters. The highest BCUT2D eigenvalue weighted by Gasteiger charge is 2.43. The molecule has 1 fully saturated rings. The zero-order chi connectivity index (χ0) is 33.3. The SMILES string of the molecule is Cc1cn([C@H]2C[C@H](n3cc(COCCOCC[18F])nn3)[C@@H](COC(c3ccccc3)(c3ccccc3)c3ccccc3)O2)c(=O)[nH]c1=O. The molecule has 3 aromatic carbocycles. The monoisotopic (exact) mass is 654 g/mol. The zero-order valence-electron chi connectivity index (χ0n) is 26.6. The predicted octanol–water partition coefficient (Wildman–Crippen LogP) is 4.48. The molecule has 0 saturated carbocycles. The summed E-state index contributed by atoms with van der Waals surface area (Å²) in [5.74, 6) is 0. The Kier molecular flexibility index (Phi) is 10.7. The van der Waals surface area contributed by atoms with Crippen molar-refractivity contribution in [1.82, 2.24) is 24.5 Å². The number of rotatable bonds is 15. The first-order valence-electron chi connectivity index (χ1n) is 15.9. The lowest BCUT2D eigenvalue weighted by atomic mass is 9.80. The molecular formula is C36H38FN5O6. The summed E-state index contributed by atoms with van der Waals surface area (Å²) in [6.45, 7) is 1.99. The first kappa shape index (κ1) is 33.2. The molecule has 1 aliphatic heterocycles. The predicted molar refractivity (Wildman–Crippen MR) is 175 cm³/mol. The van der Waals surface area contributed by atoms with Crippen molar-refractivity contribution in [2.75, 3.05) is 33.1 Å². The normalized spacial score (nSPS) is 17.9. The van der Waals surface area contributed by atoms with Crippen molar-refractivity contribution in [2.24, 2.45) is 0 Å². The van der Waals surface area contributed by atoms with E-state index in [4.69, 9.17) is 18.9 Å². The molecule has 0 bridgehead atoms. The molecule has 0 amide bonds. The number of aromatic amines is 1. The third kappa shape index (κ3) is 7.21. The first-order valence-corrected chi connectivity index (χ1v) is 15.9. The molecule has 1 saturated heterocycles. The summed E-state index contributed by atoms with van der Waals surface area (Å²) < 4.78 is 39.9. The van der Waals surface area contributed by atoms with E-state index in [1.54, 1.807) is 17.8 Å². The number of halogens is 1. The van der Waals surface area contributed by atoms with Gasteiger partial charge in [0.05, 0.1) is 45.3 Å². The number of hydrogen-bond acceptors (Lipinski definition) is 8. The van der Waals surface area contributed by atoms with Gasteiger partial charge in [-0.05, 0) is 23.6 Å². The Hall–Kier alpha value is -4.75. The minimum Gasteiger partial charge on any atom is -0.376 e. The Balaban J connectivity index is 1.33. The van der Waals surface area contributed by atoms with Crippen LogP contribution in [0.25, 0.3) is 0 Å². The standard InChI is InChI=1S/C36H38FN5O6/c1-26-22-41(35(44)38-34(26)43)33-21-31(42-23-30(39-40-42)24-46-20-19-45-18-17-37)32(48-33)25-47-36(27-11-5-2-6-12-27,28-13-7-3-8-14-28)29-15-9-4-10-16-29/h2-16,22-23,31-33H,17-21,24-25H2,1H3,(H,38,43,44)/t31-,32+,33+/m0/s1/i37-1. The number of hydrogen-bond donors (Lipinski definition) is 1. The molecule has 1 N–H and O–H groups in total. The maximum absolute atomic E-state index is 12.9. The number of benzene rings is 3. The number of aryl methyl sites for hydroxylation is 1. The lowest BCUT2D eigenvalue weighted by molar-refractivity contribution is -0.0843. The van der Waals surface area contributed by atoms with Gasteiger partial charge in [-0.3, -0.25) is 14.3 Å². The first-order chi connectivity index (χ1) is 23.5. The fourth-order valence-corrected chi connectivity index (χ4v) is 6.08. The van der Waals surface area contributed by atoms with Crippen molar-refractivity contribution in [3.05, 3.63) is 152 Å². The molecule has 3 heterocycles. The molecule has 0 spiro atoms. The van der Waals surface area contributed by atoms with Gasteiger partial charge >= 0.3 is 5.69 Å². The molecule has 12 heteroatoms. The number of aromatic nitrogens is 5. The topological polar surface area (TPSA) is 122 Å². The number of H-pyrrole nitrogens is 1. The highest BCUT2D eigenvalue weighted by atomic mass is 18.2. The van der Waals surface area contributed by atoms with Gasteiger partial charge in [-0.1, -0.05) is 96.2 Å². The lowest BCUT2D eigenvalue weighted by Gasteiger charge is -2.37. The Morgan fingerprint density at radius 1 is 0.875 bits per heavy atom. The fraction of sp³-hybridized carbons (Fsp3) is 0.333. The number of ether oxygens (including phenoxy) is 4. The van der Waals surface area contributed by atoms with Crippen molar-refractivity contribution >= 4 is 0 Å². The van der Waals surface area contributed by atoms with Crippen LogP contribution in [0.3, 0.4) is 0 Å².